The Bertz CT molecular complexity index is 331. The van der Waals surface area contributed by atoms with Crippen molar-refractivity contribution in [1.82, 2.24) is 9.97 Å². The monoisotopic (exact) mass is 225 g/mol. The van der Waals surface area contributed by atoms with E-state index in [2.05, 4.69) is 15.3 Å². The van der Waals surface area contributed by atoms with Gasteiger partial charge in [-0.2, -0.15) is 4.98 Å². The van der Waals surface area contributed by atoms with Crippen LogP contribution in [0.5, 0.6) is 5.88 Å². The third-order valence-corrected chi connectivity index (χ3v) is 2.28. The first-order valence-electron chi connectivity index (χ1n) is 5.47. The molecule has 0 saturated carbocycles. The third kappa shape index (κ3) is 4.02. The zero-order chi connectivity index (χ0) is 12.0. The number of ether oxygens (including phenoxy) is 1. The van der Waals surface area contributed by atoms with E-state index in [-0.39, 0.29) is 6.10 Å². The second-order valence-corrected chi connectivity index (χ2v) is 3.62. The number of aliphatic hydroxyl groups is 1. The zero-order valence-corrected chi connectivity index (χ0v) is 10.0. The molecule has 0 aliphatic rings. The van der Waals surface area contributed by atoms with Gasteiger partial charge in [0.25, 0.3) is 0 Å². The van der Waals surface area contributed by atoms with E-state index < -0.39 is 0 Å². The van der Waals surface area contributed by atoms with E-state index in [4.69, 9.17) is 4.74 Å². The Kier molecular flexibility index (Phi) is 4.98. The summed E-state index contributed by atoms with van der Waals surface area (Å²) in [6.07, 6.45) is 1.23. The lowest BCUT2D eigenvalue weighted by Crippen LogP contribution is -2.13. The summed E-state index contributed by atoms with van der Waals surface area (Å²) in [6.45, 7) is 4.46. The first-order valence-corrected chi connectivity index (χ1v) is 5.47. The van der Waals surface area contributed by atoms with E-state index in [0.717, 1.165) is 12.2 Å². The minimum atomic E-state index is -0.252. The van der Waals surface area contributed by atoms with Crippen LogP contribution in [-0.4, -0.2) is 34.8 Å². The molecule has 0 spiro atoms. The summed E-state index contributed by atoms with van der Waals surface area (Å²) < 4.78 is 5.04. The Labute approximate surface area is 95.9 Å². The summed E-state index contributed by atoms with van der Waals surface area (Å²) in [4.78, 5) is 8.31. The van der Waals surface area contributed by atoms with E-state index in [0.29, 0.717) is 24.7 Å². The van der Waals surface area contributed by atoms with Crippen molar-refractivity contribution < 1.29 is 9.84 Å². The van der Waals surface area contributed by atoms with Gasteiger partial charge in [0, 0.05) is 12.6 Å². The molecule has 0 fully saturated rings. The lowest BCUT2D eigenvalue weighted by Gasteiger charge is -2.10. The van der Waals surface area contributed by atoms with Crippen molar-refractivity contribution >= 4 is 5.82 Å². The van der Waals surface area contributed by atoms with Crippen molar-refractivity contribution in [3.05, 3.63) is 11.9 Å². The Morgan fingerprint density at radius 3 is 2.88 bits per heavy atom. The molecule has 0 radical (unpaired) electrons. The number of aryl methyl sites for hydroxylation is 1. The molecule has 0 aliphatic carbocycles. The van der Waals surface area contributed by atoms with Gasteiger partial charge >= 0.3 is 0 Å². The van der Waals surface area contributed by atoms with Crippen LogP contribution in [0.15, 0.2) is 6.07 Å². The first kappa shape index (κ1) is 12.7. The maximum absolute atomic E-state index is 9.39. The molecule has 0 bridgehead atoms. The maximum Gasteiger partial charge on any atom is 0.218 e. The van der Waals surface area contributed by atoms with Crippen LogP contribution in [0.4, 0.5) is 5.82 Å². The molecule has 1 aromatic rings. The molecule has 0 aliphatic heterocycles. The van der Waals surface area contributed by atoms with Crippen molar-refractivity contribution in [2.24, 2.45) is 0 Å². The molecule has 16 heavy (non-hydrogen) atoms. The minimum Gasteiger partial charge on any atom is -0.481 e. The molecule has 1 heterocycles. The summed E-state index contributed by atoms with van der Waals surface area (Å²) >= 11 is 0. The summed E-state index contributed by atoms with van der Waals surface area (Å²) in [5.41, 5.74) is 0. The SMILES string of the molecule is CCC(O)CCNc1cc(OC)nc(C)n1. The highest BCUT2D eigenvalue weighted by molar-refractivity contribution is 5.38. The molecule has 1 unspecified atom stereocenters. The fraction of sp³-hybridized carbons (Fsp3) is 0.636. The molecule has 1 aromatic heterocycles. The Balaban J connectivity index is 2.50. The average Bonchev–Trinajstić information content (AvgIpc) is 2.28. The largest absolute Gasteiger partial charge is 0.481 e. The summed E-state index contributed by atoms with van der Waals surface area (Å²) in [6, 6.07) is 1.74. The molecule has 1 rings (SSSR count). The van der Waals surface area contributed by atoms with Crippen LogP contribution in [0.3, 0.4) is 0 Å². The molecular weight excluding hydrogens is 206 g/mol. The number of aliphatic hydroxyl groups excluding tert-OH is 1. The van der Waals surface area contributed by atoms with E-state index in [9.17, 15) is 5.11 Å². The van der Waals surface area contributed by atoms with E-state index in [1.54, 1.807) is 13.2 Å². The topological polar surface area (TPSA) is 67.3 Å². The summed E-state index contributed by atoms with van der Waals surface area (Å²) in [5, 5.41) is 12.5. The minimum absolute atomic E-state index is 0.252. The van der Waals surface area contributed by atoms with Crippen LogP contribution in [0.2, 0.25) is 0 Å². The zero-order valence-electron chi connectivity index (χ0n) is 10.0. The number of hydrogen-bond acceptors (Lipinski definition) is 5. The predicted molar refractivity (Wildman–Crippen MR) is 62.7 cm³/mol. The highest BCUT2D eigenvalue weighted by Crippen LogP contribution is 2.12. The highest BCUT2D eigenvalue weighted by atomic mass is 16.5. The van der Waals surface area contributed by atoms with Crippen LogP contribution < -0.4 is 10.1 Å². The molecule has 5 nitrogen and oxygen atoms in total. The van der Waals surface area contributed by atoms with Gasteiger partial charge in [0.2, 0.25) is 5.88 Å². The highest BCUT2D eigenvalue weighted by Gasteiger charge is 2.03. The van der Waals surface area contributed by atoms with Gasteiger partial charge in [0.15, 0.2) is 0 Å². The van der Waals surface area contributed by atoms with Gasteiger partial charge in [0.05, 0.1) is 13.2 Å². The number of nitrogens with zero attached hydrogens (tertiary/aromatic N) is 2. The van der Waals surface area contributed by atoms with Crippen LogP contribution >= 0.6 is 0 Å². The number of aromatic nitrogens is 2. The number of anilines is 1. The van der Waals surface area contributed by atoms with Gasteiger partial charge in [0.1, 0.15) is 11.6 Å². The van der Waals surface area contributed by atoms with Crippen molar-refractivity contribution in [1.29, 1.82) is 0 Å². The lowest BCUT2D eigenvalue weighted by atomic mass is 10.2. The normalized spacial score (nSPS) is 12.2. The van der Waals surface area contributed by atoms with Crippen molar-refractivity contribution in [2.45, 2.75) is 32.8 Å². The Morgan fingerprint density at radius 1 is 1.50 bits per heavy atom. The molecular formula is C11H19N3O2. The van der Waals surface area contributed by atoms with Gasteiger partial charge in [-0.1, -0.05) is 6.92 Å². The average molecular weight is 225 g/mol. The fourth-order valence-corrected chi connectivity index (χ4v) is 1.31. The number of hydrogen-bond donors (Lipinski definition) is 2. The predicted octanol–water partition coefficient (Wildman–Crippen LogP) is 1.37. The molecule has 1 atom stereocenters. The second kappa shape index (κ2) is 6.27. The smallest absolute Gasteiger partial charge is 0.218 e. The lowest BCUT2D eigenvalue weighted by molar-refractivity contribution is 0.164. The number of methoxy groups -OCH3 is 1. The molecule has 5 heteroatoms. The summed E-state index contributed by atoms with van der Waals surface area (Å²) in [5.74, 6) is 1.94. The molecule has 0 saturated heterocycles. The Morgan fingerprint density at radius 2 is 2.25 bits per heavy atom. The van der Waals surface area contributed by atoms with Crippen molar-refractivity contribution in [2.75, 3.05) is 19.0 Å². The molecule has 0 aromatic carbocycles. The van der Waals surface area contributed by atoms with E-state index in [1.165, 1.54) is 0 Å². The maximum atomic E-state index is 9.39. The van der Waals surface area contributed by atoms with Crippen LogP contribution in [0, 0.1) is 6.92 Å². The number of nitrogens with one attached hydrogen (secondary N) is 1. The third-order valence-electron chi connectivity index (χ3n) is 2.28. The first-order chi connectivity index (χ1) is 7.65. The fourth-order valence-electron chi connectivity index (χ4n) is 1.31. The molecule has 0 amide bonds. The van der Waals surface area contributed by atoms with Gasteiger partial charge in [-0.05, 0) is 19.8 Å². The summed E-state index contributed by atoms with van der Waals surface area (Å²) in [7, 11) is 1.58. The molecule has 90 valence electrons. The van der Waals surface area contributed by atoms with E-state index in [1.807, 2.05) is 13.8 Å². The van der Waals surface area contributed by atoms with Crippen LogP contribution in [0.1, 0.15) is 25.6 Å². The van der Waals surface area contributed by atoms with Crippen LogP contribution in [-0.2, 0) is 0 Å². The molecule has 2 N–H and O–H groups in total. The van der Waals surface area contributed by atoms with Gasteiger partial charge < -0.3 is 15.2 Å². The quantitative estimate of drug-likeness (QED) is 0.765. The standard InChI is InChI=1S/C11H19N3O2/c1-4-9(15)5-6-12-10-7-11(16-3)14-8(2)13-10/h7,9,15H,4-6H2,1-3H3,(H,12,13,14). The van der Waals surface area contributed by atoms with Crippen molar-refractivity contribution in [3.8, 4) is 5.88 Å². The van der Waals surface area contributed by atoms with Gasteiger partial charge in [-0.15, -0.1) is 0 Å². The second-order valence-electron chi connectivity index (χ2n) is 3.62. The Hall–Kier alpha value is -1.36. The number of rotatable bonds is 6. The van der Waals surface area contributed by atoms with Crippen LogP contribution in [0.25, 0.3) is 0 Å². The van der Waals surface area contributed by atoms with Gasteiger partial charge in [-0.3, -0.25) is 0 Å². The van der Waals surface area contributed by atoms with E-state index >= 15 is 0 Å². The van der Waals surface area contributed by atoms with Gasteiger partial charge in [-0.25, -0.2) is 4.98 Å². The van der Waals surface area contributed by atoms with Crippen molar-refractivity contribution in [3.63, 3.8) is 0 Å².